The van der Waals surface area contributed by atoms with Crippen LogP contribution in [-0.2, 0) is 0 Å². The van der Waals surface area contributed by atoms with Gasteiger partial charge in [-0.1, -0.05) is 31.0 Å². The van der Waals surface area contributed by atoms with Gasteiger partial charge in [-0.15, -0.1) is 0 Å². The maximum absolute atomic E-state index is 13.8. The predicted octanol–water partition coefficient (Wildman–Crippen LogP) is 5.20. The van der Waals surface area contributed by atoms with Crippen molar-refractivity contribution in [3.8, 4) is 17.1 Å². The fraction of sp³-hybridized carbons (Fsp3) is 0.235. The Hall–Kier alpha value is -2.07. The summed E-state index contributed by atoms with van der Waals surface area (Å²) in [4.78, 5) is 7.50. The molecule has 2 heterocycles. The van der Waals surface area contributed by atoms with Gasteiger partial charge in [-0.3, -0.25) is 0 Å². The van der Waals surface area contributed by atoms with E-state index in [0.29, 0.717) is 34.3 Å². The third-order valence-electron chi connectivity index (χ3n) is 3.45. The van der Waals surface area contributed by atoms with Crippen LogP contribution in [0, 0.1) is 5.82 Å². The Bertz CT molecular complexity index is 800. The van der Waals surface area contributed by atoms with E-state index >= 15 is 0 Å². The summed E-state index contributed by atoms with van der Waals surface area (Å²) in [6.07, 6.45) is 2.01. The van der Waals surface area contributed by atoms with E-state index in [9.17, 15) is 4.39 Å². The van der Waals surface area contributed by atoms with E-state index in [-0.39, 0.29) is 5.82 Å². The van der Waals surface area contributed by atoms with E-state index in [1.165, 1.54) is 6.07 Å². The highest BCUT2D eigenvalue weighted by atomic mass is 35.5. The topological polar surface area (TPSA) is 37.9 Å². The number of nitrogens with one attached hydrogen (secondary N) is 1. The molecule has 0 atom stereocenters. The first-order chi connectivity index (χ1) is 10.7. The molecule has 2 aromatic heterocycles. The van der Waals surface area contributed by atoms with E-state index in [1.807, 2.05) is 6.07 Å². The number of fused-ring (bicyclic) bond motifs is 1. The van der Waals surface area contributed by atoms with Crippen LogP contribution in [0.25, 0.3) is 22.3 Å². The number of hydrogen-bond donors (Lipinski definition) is 1. The number of rotatable bonds is 5. The second-order valence-corrected chi connectivity index (χ2v) is 5.45. The van der Waals surface area contributed by atoms with Gasteiger partial charge in [0.2, 0.25) is 0 Å². The second kappa shape index (κ2) is 6.36. The predicted molar refractivity (Wildman–Crippen MR) is 86.9 cm³/mol. The van der Waals surface area contributed by atoms with Crippen LogP contribution in [-0.4, -0.2) is 16.6 Å². The molecule has 0 aliphatic heterocycles. The van der Waals surface area contributed by atoms with Gasteiger partial charge in [0, 0.05) is 10.9 Å². The molecule has 0 saturated heterocycles. The van der Waals surface area contributed by atoms with E-state index in [0.717, 1.165) is 18.4 Å². The molecule has 3 aromatic rings. The maximum Gasteiger partial charge on any atom is 0.147 e. The van der Waals surface area contributed by atoms with Gasteiger partial charge in [0.25, 0.3) is 0 Å². The second-order valence-electron chi connectivity index (χ2n) is 5.07. The molecule has 0 spiro atoms. The van der Waals surface area contributed by atoms with Crippen molar-refractivity contribution in [3.63, 3.8) is 0 Å². The Morgan fingerprint density at radius 3 is 2.91 bits per heavy atom. The first-order valence-electron chi connectivity index (χ1n) is 7.26. The molecule has 0 radical (unpaired) electrons. The molecule has 22 heavy (non-hydrogen) atoms. The highest BCUT2D eigenvalue weighted by Gasteiger charge is 2.13. The van der Waals surface area contributed by atoms with Crippen LogP contribution in [0.15, 0.2) is 36.4 Å². The first kappa shape index (κ1) is 14.9. The number of aromatic amines is 1. The summed E-state index contributed by atoms with van der Waals surface area (Å²) in [7, 11) is 0. The van der Waals surface area contributed by atoms with E-state index in [2.05, 4.69) is 16.9 Å². The van der Waals surface area contributed by atoms with Crippen LogP contribution >= 0.6 is 11.6 Å². The summed E-state index contributed by atoms with van der Waals surface area (Å²) >= 11 is 6.00. The third-order valence-corrected chi connectivity index (χ3v) is 3.66. The van der Waals surface area contributed by atoms with Gasteiger partial charge >= 0.3 is 0 Å². The number of ether oxygens (including phenoxy) is 1. The third kappa shape index (κ3) is 2.92. The summed E-state index contributed by atoms with van der Waals surface area (Å²) < 4.78 is 19.6. The average molecular weight is 319 g/mol. The summed E-state index contributed by atoms with van der Waals surface area (Å²) in [5.74, 6) is 0.375. The Morgan fingerprint density at radius 1 is 1.27 bits per heavy atom. The standard InChI is InChI=1S/C17H16ClFN2O/c1-2-3-9-22-15-7-8-16(18)21-17(15)14-10-11-12(19)5-4-6-13(11)20-14/h4-8,10,20H,2-3,9H2,1H3. The quantitative estimate of drug-likeness (QED) is 0.518. The molecule has 0 aliphatic rings. The van der Waals surface area contributed by atoms with Gasteiger partial charge in [0.15, 0.2) is 0 Å². The lowest BCUT2D eigenvalue weighted by Gasteiger charge is -2.09. The summed E-state index contributed by atoms with van der Waals surface area (Å²) in [5.41, 5.74) is 2.00. The Balaban J connectivity index is 2.04. The molecular weight excluding hydrogens is 303 g/mol. The minimum Gasteiger partial charge on any atom is -0.491 e. The number of pyridine rings is 1. The van der Waals surface area contributed by atoms with Gasteiger partial charge in [-0.05, 0) is 36.8 Å². The SMILES string of the molecule is CCCCOc1ccc(Cl)nc1-c1cc2c(F)cccc2[nH]1. The van der Waals surface area contributed by atoms with E-state index < -0.39 is 0 Å². The van der Waals surface area contributed by atoms with Crippen molar-refractivity contribution in [2.45, 2.75) is 19.8 Å². The fourth-order valence-electron chi connectivity index (χ4n) is 2.30. The van der Waals surface area contributed by atoms with Crippen molar-refractivity contribution >= 4 is 22.5 Å². The van der Waals surface area contributed by atoms with E-state index in [1.54, 1.807) is 24.3 Å². The zero-order valence-corrected chi connectivity index (χ0v) is 13.0. The monoisotopic (exact) mass is 318 g/mol. The van der Waals surface area contributed by atoms with Crippen LogP contribution in [0.4, 0.5) is 4.39 Å². The Morgan fingerprint density at radius 2 is 2.14 bits per heavy atom. The largest absolute Gasteiger partial charge is 0.491 e. The van der Waals surface area contributed by atoms with Crippen molar-refractivity contribution in [1.82, 2.24) is 9.97 Å². The normalized spacial score (nSPS) is 11.0. The molecule has 0 fully saturated rings. The molecule has 1 aromatic carbocycles. The van der Waals surface area contributed by atoms with E-state index in [4.69, 9.17) is 16.3 Å². The molecule has 0 saturated carbocycles. The zero-order chi connectivity index (χ0) is 15.5. The minimum atomic E-state index is -0.268. The van der Waals surface area contributed by atoms with Gasteiger partial charge in [0.1, 0.15) is 22.4 Å². The van der Waals surface area contributed by atoms with Crippen LogP contribution in [0.5, 0.6) is 5.75 Å². The fourth-order valence-corrected chi connectivity index (χ4v) is 2.45. The average Bonchev–Trinajstić information content (AvgIpc) is 2.94. The van der Waals surface area contributed by atoms with Crippen molar-refractivity contribution in [2.75, 3.05) is 6.61 Å². The van der Waals surface area contributed by atoms with Gasteiger partial charge < -0.3 is 9.72 Å². The lowest BCUT2D eigenvalue weighted by atomic mass is 10.2. The molecule has 3 nitrogen and oxygen atoms in total. The highest BCUT2D eigenvalue weighted by molar-refractivity contribution is 6.29. The van der Waals surface area contributed by atoms with Crippen LogP contribution < -0.4 is 4.74 Å². The lowest BCUT2D eigenvalue weighted by Crippen LogP contribution is -1.99. The van der Waals surface area contributed by atoms with Crippen molar-refractivity contribution in [2.24, 2.45) is 0 Å². The number of aromatic nitrogens is 2. The van der Waals surface area contributed by atoms with Gasteiger partial charge in [-0.2, -0.15) is 0 Å². The number of benzene rings is 1. The number of halogens is 2. The van der Waals surface area contributed by atoms with Crippen LogP contribution in [0.1, 0.15) is 19.8 Å². The highest BCUT2D eigenvalue weighted by Crippen LogP contribution is 2.32. The molecule has 0 aliphatic carbocycles. The molecule has 0 bridgehead atoms. The Labute approximate surface area is 133 Å². The molecule has 114 valence electrons. The van der Waals surface area contributed by atoms with Gasteiger partial charge in [0.05, 0.1) is 12.3 Å². The molecule has 3 rings (SSSR count). The number of unbranched alkanes of at least 4 members (excludes halogenated alkanes) is 1. The summed E-state index contributed by atoms with van der Waals surface area (Å²) in [6, 6.07) is 10.1. The van der Waals surface area contributed by atoms with Crippen molar-refractivity contribution < 1.29 is 9.13 Å². The van der Waals surface area contributed by atoms with Crippen molar-refractivity contribution in [1.29, 1.82) is 0 Å². The summed E-state index contributed by atoms with van der Waals surface area (Å²) in [6.45, 7) is 2.71. The first-order valence-corrected chi connectivity index (χ1v) is 7.64. The lowest BCUT2D eigenvalue weighted by molar-refractivity contribution is 0.309. The molecule has 0 amide bonds. The van der Waals surface area contributed by atoms with Gasteiger partial charge in [-0.25, -0.2) is 9.37 Å². The number of nitrogens with zero attached hydrogens (tertiary/aromatic N) is 1. The zero-order valence-electron chi connectivity index (χ0n) is 12.2. The smallest absolute Gasteiger partial charge is 0.147 e. The summed E-state index contributed by atoms with van der Waals surface area (Å²) in [5, 5.41) is 0.899. The Kier molecular flexibility index (Phi) is 4.29. The molecule has 1 N–H and O–H groups in total. The van der Waals surface area contributed by atoms with Crippen LogP contribution in [0.2, 0.25) is 5.15 Å². The molecule has 0 unspecified atom stereocenters. The number of hydrogen-bond acceptors (Lipinski definition) is 2. The van der Waals surface area contributed by atoms with Crippen molar-refractivity contribution in [3.05, 3.63) is 47.4 Å². The minimum absolute atomic E-state index is 0.268. The maximum atomic E-state index is 13.8. The number of H-pyrrole nitrogens is 1. The molecule has 5 heteroatoms. The molecular formula is C17H16ClFN2O. The van der Waals surface area contributed by atoms with Crippen LogP contribution in [0.3, 0.4) is 0 Å².